The van der Waals surface area contributed by atoms with Gasteiger partial charge in [-0.15, -0.1) is 0 Å². The van der Waals surface area contributed by atoms with E-state index in [0.29, 0.717) is 5.92 Å². The van der Waals surface area contributed by atoms with Crippen LogP contribution in [0.5, 0.6) is 0 Å². The second kappa shape index (κ2) is 7.44. The van der Waals surface area contributed by atoms with Crippen molar-refractivity contribution in [3.05, 3.63) is 0 Å². The quantitative estimate of drug-likeness (QED) is 0.464. The molecular weight excluding hydrogens is 307 g/mol. The number of carboxylic acid groups (broad SMARTS) is 1. The van der Waals surface area contributed by atoms with Gasteiger partial charge in [-0.3, -0.25) is 4.79 Å². The SMILES string of the molecule is O=C(O)C1CCC(COCCCI)CC1. The third kappa shape index (κ3) is 5.15. The molecule has 0 amide bonds. The van der Waals surface area contributed by atoms with Crippen LogP contribution in [0.4, 0.5) is 0 Å². The van der Waals surface area contributed by atoms with Crippen LogP contribution < -0.4 is 0 Å². The molecular formula is C11H19IO3. The van der Waals surface area contributed by atoms with Crippen LogP contribution in [0.3, 0.4) is 0 Å². The molecule has 1 aliphatic carbocycles. The molecule has 3 nitrogen and oxygen atoms in total. The normalized spacial score (nSPS) is 26.5. The summed E-state index contributed by atoms with van der Waals surface area (Å²) < 4.78 is 6.70. The van der Waals surface area contributed by atoms with Crippen LogP contribution in [0.25, 0.3) is 0 Å². The minimum Gasteiger partial charge on any atom is -0.481 e. The molecule has 1 saturated carbocycles. The maximum Gasteiger partial charge on any atom is 0.306 e. The Bertz CT molecular complexity index is 188. The fourth-order valence-corrected chi connectivity index (χ4v) is 2.29. The number of hydrogen-bond acceptors (Lipinski definition) is 2. The number of rotatable bonds is 6. The zero-order chi connectivity index (χ0) is 11.1. The van der Waals surface area contributed by atoms with Crippen LogP contribution in [-0.4, -0.2) is 28.7 Å². The van der Waals surface area contributed by atoms with E-state index in [2.05, 4.69) is 22.6 Å². The first-order valence-corrected chi connectivity index (χ1v) is 7.13. The smallest absolute Gasteiger partial charge is 0.306 e. The molecule has 0 aliphatic heterocycles. The number of hydrogen-bond donors (Lipinski definition) is 1. The second-order valence-corrected chi connectivity index (χ2v) is 5.25. The van der Waals surface area contributed by atoms with Gasteiger partial charge in [0.05, 0.1) is 5.92 Å². The topological polar surface area (TPSA) is 46.5 Å². The highest BCUT2D eigenvalue weighted by Crippen LogP contribution is 2.28. The molecule has 0 heterocycles. The first kappa shape index (κ1) is 13.2. The molecule has 88 valence electrons. The highest BCUT2D eigenvalue weighted by molar-refractivity contribution is 14.1. The summed E-state index contributed by atoms with van der Waals surface area (Å²) in [5, 5.41) is 8.84. The zero-order valence-corrected chi connectivity index (χ0v) is 11.1. The standard InChI is InChI=1S/C11H19IO3/c12-6-1-7-15-8-9-2-4-10(5-3-9)11(13)14/h9-10H,1-8H2,(H,13,14). The maximum absolute atomic E-state index is 10.7. The molecule has 0 unspecified atom stereocenters. The summed E-state index contributed by atoms with van der Waals surface area (Å²) in [7, 11) is 0. The molecule has 0 bridgehead atoms. The lowest BCUT2D eigenvalue weighted by atomic mass is 9.82. The molecule has 15 heavy (non-hydrogen) atoms. The van der Waals surface area contributed by atoms with Crippen LogP contribution in [0.1, 0.15) is 32.1 Å². The Morgan fingerprint density at radius 2 is 2.00 bits per heavy atom. The van der Waals surface area contributed by atoms with Gasteiger partial charge < -0.3 is 9.84 Å². The molecule has 0 aromatic carbocycles. The van der Waals surface area contributed by atoms with E-state index < -0.39 is 5.97 Å². The Kier molecular flexibility index (Phi) is 6.56. The van der Waals surface area contributed by atoms with Crippen molar-refractivity contribution < 1.29 is 14.6 Å². The molecule has 1 aliphatic rings. The van der Waals surface area contributed by atoms with E-state index in [1.54, 1.807) is 0 Å². The van der Waals surface area contributed by atoms with Gasteiger partial charge in [-0.25, -0.2) is 0 Å². The van der Waals surface area contributed by atoms with E-state index in [-0.39, 0.29) is 5.92 Å². The molecule has 0 atom stereocenters. The molecule has 1 N–H and O–H groups in total. The minimum atomic E-state index is -0.626. The lowest BCUT2D eigenvalue weighted by molar-refractivity contribution is -0.143. The molecule has 0 aromatic heterocycles. The van der Waals surface area contributed by atoms with Gasteiger partial charge in [0.2, 0.25) is 0 Å². The highest BCUT2D eigenvalue weighted by Gasteiger charge is 2.25. The summed E-state index contributed by atoms with van der Waals surface area (Å²) in [6, 6.07) is 0. The average Bonchev–Trinajstić information content (AvgIpc) is 2.25. The monoisotopic (exact) mass is 326 g/mol. The number of ether oxygens (including phenoxy) is 1. The van der Waals surface area contributed by atoms with Crippen LogP contribution in [0.2, 0.25) is 0 Å². The summed E-state index contributed by atoms with van der Waals surface area (Å²) in [4.78, 5) is 10.7. The van der Waals surface area contributed by atoms with Crippen molar-refractivity contribution in [3.63, 3.8) is 0 Å². The van der Waals surface area contributed by atoms with Gasteiger partial charge in [0, 0.05) is 17.6 Å². The van der Waals surface area contributed by atoms with Crippen LogP contribution in [0.15, 0.2) is 0 Å². The summed E-state index contributed by atoms with van der Waals surface area (Å²) in [6.45, 7) is 1.67. The fraction of sp³-hybridized carbons (Fsp3) is 0.909. The Balaban J connectivity index is 2.07. The number of halogens is 1. The van der Waals surface area contributed by atoms with Gasteiger partial charge in [-0.05, 0) is 38.0 Å². The first-order valence-electron chi connectivity index (χ1n) is 5.60. The van der Waals surface area contributed by atoms with E-state index in [0.717, 1.165) is 49.7 Å². The van der Waals surface area contributed by atoms with Crippen molar-refractivity contribution >= 4 is 28.6 Å². The van der Waals surface area contributed by atoms with Gasteiger partial charge in [0.25, 0.3) is 0 Å². The van der Waals surface area contributed by atoms with Crippen molar-refractivity contribution in [1.29, 1.82) is 0 Å². The first-order chi connectivity index (χ1) is 7.24. The Morgan fingerprint density at radius 1 is 1.33 bits per heavy atom. The van der Waals surface area contributed by atoms with E-state index in [4.69, 9.17) is 9.84 Å². The predicted octanol–water partition coefficient (Wildman–Crippen LogP) is 2.72. The summed E-state index contributed by atoms with van der Waals surface area (Å²) in [6.07, 6.45) is 4.80. The highest BCUT2D eigenvalue weighted by atomic mass is 127. The van der Waals surface area contributed by atoms with Crippen LogP contribution in [0, 0.1) is 11.8 Å². The van der Waals surface area contributed by atoms with Crippen molar-refractivity contribution in [1.82, 2.24) is 0 Å². The Hall–Kier alpha value is 0.160. The van der Waals surface area contributed by atoms with Crippen molar-refractivity contribution in [2.45, 2.75) is 32.1 Å². The van der Waals surface area contributed by atoms with Crippen LogP contribution in [-0.2, 0) is 9.53 Å². The minimum absolute atomic E-state index is 0.101. The van der Waals surface area contributed by atoms with Gasteiger partial charge in [0.1, 0.15) is 0 Å². The summed E-state index contributed by atoms with van der Waals surface area (Å²) >= 11 is 2.35. The third-order valence-electron chi connectivity index (χ3n) is 2.97. The molecule has 0 saturated heterocycles. The Labute approximate surface area is 105 Å². The molecule has 1 rings (SSSR count). The maximum atomic E-state index is 10.7. The molecule has 4 heteroatoms. The molecule has 0 aromatic rings. The lowest BCUT2D eigenvalue weighted by Crippen LogP contribution is -2.23. The fourth-order valence-electron chi connectivity index (χ4n) is 1.98. The number of aliphatic carboxylic acids is 1. The van der Waals surface area contributed by atoms with E-state index in [9.17, 15) is 4.79 Å². The van der Waals surface area contributed by atoms with Crippen LogP contribution >= 0.6 is 22.6 Å². The number of carboxylic acids is 1. The lowest BCUT2D eigenvalue weighted by Gasteiger charge is -2.25. The van der Waals surface area contributed by atoms with E-state index in [1.807, 2.05) is 0 Å². The third-order valence-corrected chi connectivity index (χ3v) is 3.73. The van der Waals surface area contributed by atoms with E-state index in [1.165, 1.54) is 0 Å². The van der Waals surface area contributed by atoms with Gasteiger partial charge in [0.15, 0.2) is 0 Å². The summed E-state index contributed by atoms with van der Waals surface area (Å²) in [5.41, 5.74) is 0. The molecule has 0 spiro atoms. The van der Waals surface area contributed by atoms with Crippen molar-refractivity contribution in [3.8, 4) is 0 Å². The van der Waals surface area contributed by atoms with Crippen molar-refractivity contribution in [2.24, 2.45) is 11.8 Å². The molecule has 1 fully saturated rings. The summed E-state index contributed by atoms with van der Waals surface area (Å²) in [5.74, 6) is -0.135. The van der Waals surface area contributed by atoms with Gasteiger partial charge in [-0.2, -0.15) is 0 Å². The second-order valence-electron chi connectivity index (χ2n) is 4.17. The average molecular weight is 326 g/mol. The largest absolute Gasteiger partial charge is 0.481 e. The molecule has 0 radical (unpaired) electrons. The number of carbonyl (C=O) groups is 1. The Morgan fingerprint density at radius 3 is 2.53 bits per heavy atom. The van der Waals surface area contributed by atoms with Crippen molar-refractivity contribution in [2.75, 3.05) is 17.6 Å². The zero-order valence-electron chi connectivity index (χ0n) is 8.95. The number of alkyl halides is 1. The van der Waals surface area contributed by atoms with Gasteiger partial charge >= 0.3 is 5.97 Å². The van der Waals surface area contributed by atoms with E-state index >= 15 is 0 Å². The predicted molar refractivity (Wildman–Crippen MR) is 67.4 cm³/mol. The van der Waals surface area contributed by atoms with Gasteiger partial charge in [-0.1, -0.05) is 22.6 Å².